The Balaban J connectivity index is 1.36. The average molecular weight is 415 g/mol. The van der Waals surface area contributed by atoms with Crippen LogP contribution >= 0.6 is 0 Å². The van der Waals surface area contributed by atoms with E-state index < -0.39 is 0 Å². The summed E-state index contributed by atoms with van der Waals surface area (Å²) in [4.78, 5) is 17.5. The SMILES string of the molecule is CCn1cc(C(=O)NCC2CC2)c2cc(-c3ccn4nc(NC5CC5)nc4c3)ccc21. The topological polar surface area (TPSA) is 76.2 Å². The number of pyridine rings is 1. The van der Waals surface area contributed by atoms with Crippen LogP contribution in [0.5, 0.6) is 0 Å². The fraction of sp³-hybridized carbons (Fsp3) is 0.375. The lowest BCUT2D eigenvalue weighted by Gasteiger charge is -2.06. The molecule has 3 heterocycles. The number of rotatable bonds is 7. The second kappa shape index (κ2) is 7.11. The zero-order valence-electron chi connectivity index (χ0n) is 17.6. The van der Waals surface area contributed by atoms with Crippen molar-refractivity contribution < 1.29 is 4.79 Å². The van der Waals surface area contributed by atoms with Gasteiger partial charge in [0.25, 0.3) is 5.91 Å². The van der Waals surface area contributed by atoms with Gasteiger partial charge in [0.1, 0.15) is 0 Å². The predicted octanol–water partition coefficient (Wildman–Crippen LogP) is 4.09. The first-order valence-electron chi connectivity index (χ1n) is 11.2. The van der Waals surface area contributed by atoms with Crippen molar-refractivity contribution in [3.63, 3.8) is 0 Å². The van der Waals surface area contributed by atoms with Crippen molar-refractivity contribution in [1.29, 1.82) is 0 Å². The fourth-order valence-corrected chi connectivity index (χ4v) is 4.11. The maximum Gasteiger partial charge on any atom is 0.253 e. The lowest BCUT2D eigenvalue weighted by molar-refractivity contribution is 0.0953. The van der Waals surface area contributed by atoms with E-state index in [1.165, 1.54) is 25.7 Å². The molecule has 2 aliphatic rings. The van der Waals surface area contributed by atoms with Crippen LogP contribution in [0.4, 0.5) is 5.95 Å². The molecule has 0 spiro atoms. The molecular formula is C24H26N6O. The summed E-state index contributed by atoms with van der Waals surface area (Å²) >= 11 is 0. The number of fused-ring (bicyclic) bond motifs is 2. The van der Waals surface area contributed by atoms with Gasteiger partial charge in [-0.3, -0.25) is 4.79 Å². The standard InChI is InChI=1S/C24H26N6O/c1-2-29-14-20(23(31)25-13-15-3-4-15)19-11-16(5-8-21(19)29)17-9-10-30-22(12-17)27-24(28-30)26-18-6-7-18/h5,8-12,14-15,18H,2-4,6-7,13H2,1H3,(H,25,31)(H,26,28). The summed E-state index contributed by atoms with van der Waals surface area (Å²) in [7, 11) is 0. The van der Waals surface area contributed by atoms with Crippen LogP contribution in [0.25, 0.3) is 27.7 Å². The highest BCUT2D eigenvalue weighted by molar-refractivity contribution is 6.08. The van der Waals surface area contributed by atoms with E-state index in [4.69, 9.17) is 0 Å². The number of carbonyl (C=O) groups is 1. The van der Waals surface area contributed by atoms with E-state index >= 15 is 0 Å². The normalized spacial score (nSPS) is 16.2. The van der Waals surface area contributed by atoms with Crippen LogP contribution in [0, 0.1) is 5.92 Å². The molecule has 1 aromatic carbocycles. The van der Waals surface area contributed by atoms with Gasteiger partial charge in [0.2, 0.25) is 5.95 Å². The smallest absolute Gasteiger partial charge is 0.253 e. The minimum absolute atomic E-state index is 0.0185. The number of benzene rings is 1. The van der Waals surface area contributed by atoms with Gasteiger partial charge in [0.15, 0.2) is 5.65 Å². The number of aryl methyl sites for hydroxylation is 1. The van der Waals surface area contributed by atoms with Gasteiger partial charge in [-0.15, -0.1) is 5.10 Å². The third kappa shape index (κ3) is 3.54. The summed E-state index contributed by atoms with van der Waals surface area (Å²) in [5, 5.41) is 12.0. The molecule has 0 radical (unpaired) electrons. The maximum absolute atomic E-state index is 12.9. The van der Waals surface area contributed by atoms with Gasteiger partial charge >= 0.3 is 0 Å². The van der Waals surface area contributed by atoms with Gasteiger partial charge in [-0.1, -0.05) is 6.07 Å². The van der Waals surface area contributed by atoms with E-state index in [1.54, 1.807) is 4.52 Å². The molecule has 0 bridgehead atoms. The van der Waals surface area contributed by atoms with E-state index in [9.17, 15) is 4.79 Å². The Morgan fingerprint density at radius 2 is 1.97 bits per heavy atom. The number of carbonyl (C=O) groups excluding carboxylic acids is 1. The quantitative estimate of drug-likeness (QED) is 0.478. The summed E-state index contributed by atoms with van der Waals surface area (Å²) in [6.07, 6.45) is 8.76. The number of amides is 1. The molecule has 2 fully saturated rings. The molecule has 1 amide bonds. The minimum atomic E-state index is 0.0185. The summed E-state index contributed by atoms with van der Waals surface area (Å²) in [5.74, 6) is 1.36. The summed E-state index contributed by atoms with van der Waals surface area (Å²) in [5.41, 5.74) is 4.78. The van der Waals surface area contributed by atoms with Crippen molar-refractivity contribution in [3.05, 3.63) is 48.3 Å². The lowest BCUT2D eigenvalue weighted by atomic mass is 10.0. The number of anilines is 1. The Hall–Kier alpha value is -3.35. The Bertz CT molecular complexity index is 1290. The highest BCUT2D eigenvalue weighted by Crippen LogP contribution is 2.30. The first kappa shape index (κ1) is 18.4. The molecule has 0 aliphatic heterocycles. The van der Waals surface area contributed by atoms with Crippen LogP contribution in [0.1, 0.15) is 43.0 Å². The van der Waals surface area contributed by atoms with Crippen molar-refractivity contribution in [2.45, 2.75) is 45.2 Å². The van der Waals surface area contributed by atoms with Crippen LogP contribution in [-0.4, -0.2) is 37.7 Å². The van der Waals surface area contributed by atoms with E-state index in [0.717, 1.165) is 46.3 Å². The number of nitrogens with zero attached hydrogens (tertiary/aromatic N) is 4. The van der Waals surface area contributed by atoms with Crippen LogP contribution in [-0.2, 0) is 6.54 Å². The van der Waals surface area contributed by atoms with Gasteiger partial charge in [-0.25, -0.2) is 4.52 Å². The molecule has 31 heavy (non-hydrogen) atoms. The van der Waals surface area contributed by atoms with Crippen molar-refractivity contribution in [2.24, 2.45) is 5.92 Å². The third-order valence-corrected chi connectivity index (χ3v) is 6.30. The van der Waals surface area contributed by atoms with Crippen LogP contribution in [0.2, 0.25) is 0 Å². The highest BCUT2D eigenvalue weighted by Gasteiger charge is 2.24. The Kier molecular flexibility index (Phi) is 4.23. The van der Waals surface area contributed by atoms with Gasteiger partial charge in [0.05, 0.1) is 5.56 Å². The van der Waals surface area contributed by atoms with Crippen LogP contribution in [0.3, 0.4) is 0 Å². The van der Waals surface area contributed by atoms with E-state index in [0.29, 0.717) is 17.9 Å². The summed E-state index contributed by atoms with van der Waals surface area (Å²) in [6.45, 7) is 3.71. The molecule has 2 aliphatic carbocycles. The minimum Gasteiger partial charge on any atom is -0.352 e. The Morgan fingerprint density at radius 1 is 1.13 bits per heavy atom. The number of hydrogen-bond acceptors (Lipinski definition) is 4. The first-order chi connectivity index (χ1) is 15.2. The monoisotopic (exact) mass is 414 g/mol. The molecule has 7 heteroatoms. The highest BCUT2D eigenvalue weighted by atomic mass is 16.1. The van der Waals surface area contributed by atoms with Gasteiger partial charge < -0.3 is 15.2 Å². The average Bonchev–Trinajstić information content (AvgIpc) is 3.70. The van der Waals surface area contributed by atoms with Crippen molar-refractivity contribution in [3.8, 4) is 11.1 Å². The molecular weight excluding hydrogens is 388 g/mol. The van der Waals surface area contributed by atoms with Crippen molar-refractivity contribution >= 4 is 28.4 Å². The Labute approximate surface area is 180 Å². The van der Waals surface area contributed by atoms with E-state index in [2.05, 4.69) is 56.5 Å². The molecule has 0 unspecified atom stereocenters. The third-order valence-electron chi connectivity index (χ3n) is 6.30. The predicted molar refractivity (Wildman–Crippen MR) is 121 cm³/mol. The largest absolute Gasteiger partial charge is 0.352 e. The summed E-state index contributed by atoms with van der Waals surface area (Å²) in [6, 6.07) is 11.0. The van der Waals surface area contributed by atoms with E-state index in [-0.39, 0.29) is 5.91 Å². The second-order valence-electron chi connectivity index (χ2n) is 8.79. The molecule has 7 nitrogen and oxygen atoms in total. The molecule has 158 valence electrons. The summed E-state index contributed by atoms with van der Waals surface area (Å²) < 4.78 is 3.94. The second-order valence-corrected chi connectivity index (χ2v) is 8.79. The number of nitrogens with one attached hydrogen (secondary N) is 2. The molecule has 0 saturated heterocycles. The van der Waals surface area contributed by atoms with E-state index in [1.807, 2.05) is 18.5 Å². The number of hydrogen-bond donors (Lipinski definition) is 2. The van der Waals surface area contributed by atoms with Crippen molar-refractivity contribution in [1.82, 2.24) is 24.5 Å². The van der Waals surface area contributed by atoms with Gasteiger partial charge in [-0.05, 0) is 73.9 Å². The molecule has 2 saturated carbocycles. The number of aromatic nitrogens is 4. The molecule has 3 aromatic heterocycles. The molecule has 2 N–H and O–H groups in total. The zero-order valence-corrected chi connectivity index (χ0v) is 17.6. The Morgan fingerprint density at radius 3 is 2.74 bits per heavy atom. The maximum atomic E-state index is 12.9. The van der Waals surface area contributed by atoms with Crippen LogP contribution in [0.15, 0.2) is 42.7 Å². The fourth-order valence-electron chi connectivity index (χ4n) is 4.11. The first-order valence-corrected chi connectivity index (χ1v) is 11.2. The molecule has 6 rings (SSSR count). The van der Waals surface area contributed by atoms with Crippen molar-refractivity contribution in [2.75, 3.05) is 11.9 Å². The molecule has 4 aromatic rings. The molecule has 0 atom stereocenters. The lowest BCUT2D eigenvalue weighted by Crippen LogP contribution is -2.25. The van der Waals surface area contributed by atoms with Crippen LogP contribution < -0.4 is 10.6 Å². The zero-order chi connectivity index (χ0) is 20.9. The van der Waals surface area contributed by atoms with Gasteiger partial charge in [-0.2, -0.15) is 4.98 Å². The van der Waals surface area contributed by atoms with Gasteiger partial charge in [0, 0.05) is 42.4 Å².